The van der Waals surface area contributed by atoms with Crippen LogP contribution in [0.1, 0.15) is 56.9 Å². The number of rotatable bonds is 6. The molecule has 1 aromatic rings. The lowest BCUT2D eigenvalue weighted by Gasteiger charge is -2.42. The van der Waals surface area contributed by atoms with Gasteiger partial charge in [-0.05, 0) is 43.9 Å². The molecule has 2 aliphatic heterocycles. The number of carbonyl (C=O) groups is 1. The van der Waals surface area contributed by atoms with Gasteiger partial charge >= 0.3 is 0 Å². The van der Waals surface area contributed by atoms with E-state index in [0.717, 1.165) is 25.4 Å². The predicted octanol–water partition coefficient (Wildman–Crippen LogP) is 2.86. The molecule has 1 amide bonds. The van der Waals surface area contributed by atoms with E-state index in [1.165, 1.54) is 44.2 Å². The van der Waals surface area contributed by atoms with E-state index in [1.54, 1.807) is 0 Å². The Morgan fingerprint density at radius 1 is 1.23 bits per heavy atom. The molecule has 6 nitrogen and oxygen atoms in total. The minimum atomic E-state index is -1.33. The van der Waals surface area contributed by atoms with Gasteiger partial charge < -0.3 is 25.2 Å². The zero-order chi connectivity index (χ0) is 21.1. The molecule has 7 heteroatoms. The minimum absolute atomic E-state index is 0.0589. The monoisotopic (exact) mass is 420 g/mol. The summed E-state index contributed by atoms with van der Waals surface area (Å²) in [7, 11) is 0. The Morgan fingerprint density at radius 3 is 2.80 bits per heavy atom. The SMILES string of the molecule is O=C1CCc2c(OC[C@]3(O)CCN(CCC4CCCCC4)C[C@H]3O)ccc(F)c2N1. The van der Waals surface area contributed by atoms with Crippen molar-refractivity contribution in [2.75, 3.05) is 31.6 Å². The maximum atomic E-state index is 14.0. The number of benzene rings is 1. The molecule has 0 unspecified atom stereocenters. The standard InChI is InChI=1S/C23H33FN2O4/c24-18-7-8-19(17-6-9-21(28)25-22(17)18)30-15-23(29)11-13-26(14-20(23)27)12-10-16-4-2-1-3-5-16/h7-8,16,20,27,29H,1-6,9-15H2,(H,25,28)/t20-,23-/m1/s1. The van der Waals surface area contributed by atoms with Crippen LogP contribution in [-0.4, -0.2) is 59.0 Å². The number of hydrogen-bond acceptors (Lipinski definition) is 5. The van der Waals surface area contributed by atoms with Crippen molar-refractivity contribution in [1.29, 1.82) is 0 Å². The summed E-state index contributed by atoms with van der Waals surface area (Å²) in [6.07, 6.45) is 8.02. The van der Waals surface area contributed by atoms with Gasteiger partial charge in [-0.1, -0.05) is 32.1 Å². The summed E-state index contributed by atoms with van der Waals surface area (Å²) in [5.74, 6) is 0.542. The van der Waals surface area contributed by atoms with Crippen molar-refractivity contribution in [3.63, 3.8) is 0 Å². The second-order valence-electron chi connectivity index (χ2n) is 9.20. The number of carbonyl (C=O) groups excluding carboxylic acids is 1. The lowest BCUT2D eigenvalue weighted by atomic mass is 9.86. The fourth-order valence-corrected chi connectivity index (χ4v) is 5.00. The molecule has 30 heavy (non-hydrogen) atoms. The number of amides is 1. The Bertz CT molecular complexity index is 768. The first-order chi connectivity index (χ1) is 14.4. The molecule has 2 fully saturated rings. The van der Waals surface area contributed by atoms with Gasteiger partial charge in [0.15, 0.2) is 0 Å². The van der Waals surface area contributed by atoms with Crippen molar-refractivity contribution in [2.45, 2.75) is 69.5 Å². The molecule has 1 saturated heterocycles. The molecule has 1 aromatic carbocycles. The second kappa shape index (κ2) is 9.20. The molecule has 0 aromatic heterocycles. The summed E-state index contributed by atoms with van der Waals surface area (Å²) in [6, 6.07) is 2.79. The quantitative estimate of drug-likeness (QED) is 0.659. The maximum Gasteiger partial charge on any atom is 0.224 e. The summed E-state index contributed by atoms with van der Waals surface area (Å²) >= 11 is 0. The lowest BCUT2D eigenvalue weighted by molar-refractivity contribution is -0.137. The van der Waals surface area contributed by atoms with Crippen molar-refractivity contribution >= 4 is 11.6 Å². The van der Waals surface area contributed by atoms with Crippen LogP contribution >= 0.6 is 0 Å². The van der Waals surface area contributed by atoms with E-state index < -0.39 is 17.5 Å². The highest BCUT2D eigenvalue weighted by Gasteiger charge is 2.41. The number of nitrogens with one attached hydrogen (secondary N) is 1. The average molecular weight is 421 g/mol. The van der Waals surface area contributed by atoms with E-state index in [4.69, 9.17) is 4.74 Å². The van der Waals surface area contributed by atoms with Crippen LogP contribution in [-0.2, 0) is 11.2 Å². The number of hydrogen-bond donors (Lipinski definition) is 3. The Labute approximate surface area is 177 Å². The summed E-state index contributed by atoms with van der Waals surface area (Å²) < 4.78 is 19.9. The van der Waals surface area contributed by atoms with E-state index in [0.29, 0.717) is 30.7 Å². The van der Waals surface area contributed by atoms with Gasteiger partial charge in [0.2, 0.25) is 5.91 Å². The highest BCUT2D eigenvalue weighted by Crippen LogP contribution is 2.35. The van der Waals surface area contributed by atoms with Gasteiger partial charge in [0.1, 0.15) is 23.8 Å². The van der Waals surface area contributed by atoms with Crippen LogP contribution in [0, 0.1) is 11.7 Å². The maximum absolute atomic E-state index is 14.0. The second-order valence-corrected chi connectivity index (χ2v) is 9.20. The number of nitrogens with zero attached hydrogens (tertiary/aromatic N) is 1. The van der Waals surface area contributed by atoms with Crippen LogP contribution < -0.4 is 10.1 Å². The molecular weight excluding hydrogens is 387 g/mol. The Hall–Kier alpha value is -1.70. The smallest absolute Gasteiger partial charge is 0.224 e. The molecule has 166 valence electrons. The molecule has 3 aliphatic rings. The molecule has 0 spiro atoms. The number of fused-ring (bicyclic) bond motifs is 1. The van der Waals surface area contributed by atoms with Gasteiger partial charge in [-0.25, -0.2) is 4.39 Å². The van der Waals surface area contributed by atoms with Crippen molar-refractivity contribution < 1.29 is 24.1 Å². The zero-order valence-corrected chi connectivity index (χ0v) is 17.5. The number of aliphatic hydroxyl groups excluding tert-OH is 1. The number of β-amino-alcohol motifs (C(OH)–C–C–N with tert-alkyl or cyclic N) is 1. The number of halogens is 1. The average Bonchev–Trinajstić information content (AvgIpc) is 2.75. The van der Waals surface area contributed by atoms with Crippen LogP contribution in [0.25, 0.3) is 0 Å². The first-order valence-corrected chi connectivity index (χ1v) is 11.3. The Morgan fingerprint density at radius 2 is 2.03 bits per heavy atom. The minimum Gasteiger partial charge on any atom is -0.490 e. The number of piperidine rings is 1. The van der Waals surface area contributed by atoms with Crippen molar-refractivity contribution in [2.24, 2.45) is 5.92 Å². The van der Waals surface area contributed by atoms with Gasteiger partial charge in [-0.3, -0.25) is 4.79 Å². The molecule has 1 aliphatic carbocycles. The van der Waals surface area contributed by atoms with E-state index in [1.807, 2.05) is 0 Å². The van der Waals surface area contributed by atoms with Crippen LogP contribution in [0.2, 0.25) is 0 Å². The third-order valence-corrected chi connectivity index (χ3v) is 7.05. The van der Waals surface area contributed by atoms with Crippen molar-refractivity contribution in [3.8, 4) is 5.75 Å². The molecule has 4 rings (SSSR count). The summed E-state index contributed by atoms with van der Waals surface area (Å²) in [4.78, 5) is 13.8. The number of anilines is 1. The third-order valence-electron chi connectivity index (χ3n) is 7.05. The van der Waals surface area contributed by atoms with Crippen LogP contribution in [0.3, 0.4) is 0 Å². The van der Waals surface area contributed by atoms with Crippen LogP contribution in [0.4, 0.5) is 10.1 Å². The Kier molecular flexibility index (Phi) is 6.60. The lowest BCUT2D eigenvalue weighted by Crippen LogP contribution is -2.58. The third kappa shape index (κ3) is 4.79. The van der Waals surface area contributed by atoms with Gasteiger partial charge in [0.25, 0.3) is 0 Å². The molecule has 3 N–H and O–H groups in total. The zero-order valence-electron chi connectivity index (χ0n) is 17.5. The van der Waals surface area contributed by atoms with E-state index >= 15 is 0 Å². The highest BCUT2D eigenvalue weighted by atomic mass is 19.1. The molecule has 2 atom stereocenters. The fourth-order valence-electron chi connectivity index (χ4n) is 5.00. The summed E-state index contributed by atoms with van der Waals surface area (Å²) in [5, 5.41) is 24.2. The highest BCUT2D eigenvalue weighted by molar-refractivity contribution is 5.94. The van der Waals surface area contributed by atoms with Crippen molar-refractivity contribution in [1.82, 2.24) is 4.90 Å². The fraction of sp³-hybridized carbons (Fsp3) is 0.696. The molecule has 0 radical (unpaired) electrons. The van der Waals surface area contributed by atoms with Gasteiger partial charge in [-0.2, -0.15) is 0 Å². The largest absolute Gasteiger partial charge is 0.490 e. The van der Waals surface area contributed by atoms with Gasteiger partial charge in [0, 0.05) is 25.1 Å². The first kappa shape index (κ1) is 21.5. The number of aliphatic hydroxyl groups is 2. The number of ether oxygens (including phenoxy) is 1. The van der Waals surface area contributed by atoms with Crippen LogP contribution in [0.5, 0.6) is 5.75 Å². The van der Waals surface area contributed by atoms with Gasteiger partial charge in [0.05, 0.1) is 11.8 Å². The summed E-state index contributed by atoms with van der Waals surface area (Å²) in [6.45, 7) is 2.06. The normalized spacial score (nSPS) is 28.1. The molecule has 0 bridgehead atoms. The Balaban J connectivity index is 1.32. The molecule has 1 saturated carbocycles. The molecule has 2 heterocycles. The van der Waals surface area contributed by atoms with Crippen molar-refractivity contribution in [3.05, 3.63) is 23.5 Å². The van der Waals surface area contributed by atoms with Gasteiger partial charge in [-0.15, -0.1) is 0 Å². The van der Waals surface area contributed by atoms with Crippen LogP contribution in [0.15, 0.2) is 12.1 Å². The first-order valence-electron chi connectivity index (χ1n) is 11.3. The van der Waals surface area contributed by atoms with E-state index in [9.17, 15) is 19.4 Å². The van der Waals surface area contributed by atoms with E-state index in [-0.39, 0.29) is 24.6 Å². The summed E-state index contributed by atoms with van der Waals surface area (Å²) in [5.41, 5.74) is -0.563. The molecular formula is C23H33FN2O4. The van der Waals surface area contributed by atoms with E-state index in [2.05, 4.69) is 10.2 Å². The number of likely N-dealkylation sites (tertiary alicyclic amines) is 1. The topological polar surface area (TPSA) is 82.0 Å². The predicted molar refractivity (Wildman–Crippen MR) is 112 cm³/mol.